The summed E-state index contributed by atoms with van der Waals surface area (Å²) in [7, 11) is 0. The summed E-state index contributed by atoms with van der Waals surface area (Å²) in [6.45, 7) is 2.96. The quantitative estimate of drug-likeness (QED) is 0.947. The largest absolute Gasteiger partial charge is 0.331 e. The van der Waals surface area contributed by atoms with E-state index >= 15 is 0 Å². The number of amides is 2. The zero-order valence-corrected chi connectivity index (χ0v) is 13.4. The number of nitrogens with one attached hydrogen (secondary N) is 1. The number of carbonyl (C=O) groups is 1. The van der Waals surface area contributed by atoms with E-state index < -0.39 is 0 Å². The molecular weight excluding hydrogens is 288 g/mol. The maximum absolute atomic E-state index is 12.5. The summed E-state index contributed by atoms with van der Waals surface area (Å²) in [4.78, 5) is 14.6. The van der Waals surface area contributed by atoms with Crippen LogP contribution in [0.3, 0.4) is 0 Å². The number of benzene rings is 1. The van der Waals surface area contributed by atoms with Crippen molar-refractivity contribution in [3.63, 3.8) is 0 Å². The molecule has 2 bridgehead atoms. The highest BCUT2D eigenvalue weighted by Crippen LogP contribution is 2.37. The van der Waals surface area contributed by atoms with Crippen LogP contribution in [-0.4, -0.2) is 33.3 Å². The molecule has 5 heteroatoms. The minimum atomic E-state index is -0.0165. The first kappa shape index (κ1) is 14.3. The van der Waals surface area contributed by atoms with Crippen LogP contribution in [0.15, 0.2) is 42.7 Å². The van der Waals surface area contributed by atoms with Crippen LogP contribution >= 0.6 is 0 Å². The molecule has 1 saturated carbocycles. The lowest BCUT2D eigenvalue weighted by Crippen LogP contribution is -2.45. The Bertz CT molecular complexity index is 697. The van der Waals surface area contributed by atoms with Crippen LogP contribution in [-0.2, 0) is 0 Å². The lowest BCUT2D eigenvalue weighted by Gasteiger charge is -2.29. The Kier molecular flexibility index (Phi) is 3.56. The summed E-state index contributed by atoms with van der Waals surface area (Å²) in [5.74, 6) is 0.726. The molecule has 2 amide bonds. The summed E-state index contributed by atoms with van der Waals surface area (Å²) in [5, 5.41) is 7.41. The number of hydrogen-bond acceptors (Lipinski definition) is 2. The van der Waals surface area contributed by atoms with E-state index in [4.69, 9.17) is 0 Å². The van der Waals surface area contributed by atoms with E-state index in [2.05, 4.69) is 16.5 Å². The molecule has 1 aliphatic carbocycles. The highest BCUT2D eigenvalue weighted by molar-refractivity contribution is 5.75. The van der Waals surface area contributed by atoms with Gasteiger partial charge in [0.1, 0.15) is 0 Å². The maximum Gasteiger partial charge on any atom is 0.318 e. The second kappa shape index (κ2) is 5.72. The van der Waals surface area contributed by atoms with Gasteiger partial charge in [0.05, 0.1) is 11.7 Å². The molecule has 3 unspecified atom stereocenters. The molecule has 5 nitrogen and oxygen atoms in total. The second-order valence-corrected chi connectivity index (χ2v) is 6.70. The van der Waals surface area contributed by atoms with E-state index in [0.717, 1.165) is 23.7 Å². The fourth-order valence-electron chi connectivity index (χ4n) is 3.88. The Hall–Kier alpha value is -2.30. The molecule has 1 N–H and O–H groups in total. The average molecular weight is 310 g/mol. The number of hydrogen-bond donors (Lipinski definition) is 1. The van der Waals surface area contributed by atoms with Gasteiger partial charge < -0.3 is 10.2 Å². The van der Waals surface area contributed by atoms with E-state index in [-0.39, 0.29) is 12.1 Å². The van der Waals surface area contributed by atoms with Crippen LogP contribution < -0.4 is 5.32 Å². The monoisotopic (exact) mass is 310 g/mol. The molecule has 1 aliphatic heterocycles. The summed E-state index contributed by atoms with van der Waals surface area (Å²) in [6.07, 6.45) is 7.33. The first-order valence-corrected chi connectivity index (χ1v) is 8.38. The molecule has 2 aliphatic rings. The smallest absolute Gasteiger partial charge is 0.318 e. The molecular formula is C18H22N4O. The van der Waals surface area contributed by atoms with Crippen molar-refractivity contribution < 1.29 is 4.79 Å². The van der Waals surface area contributed by atoms with Crippen LogP contribution in [0.4, 0.5) is 4.79 Å². The summed E-state index contributed by atoms with van der Waals surface area (Å²) in [6, 6.07) is 10.6. The van der Waals surface area contributed by atoms with E-state index in [1.54, 1.807) is 6.20 Å². The van der Waals surface area contributed by atoms with Crippen molar-refractivity contribution in [2.75, 3.05) is 6.54 Å². The van der Waals surface area contributed by atoms with Crippen LogP contribution in [0.1, 0.15) is 37.8 Å². The minimum Gasteiger partial charge on any atom is -0.331 e. The predicted molar refractivity (Wildman–Crippen MR) is 88.3 cm³/mol. The lowest BCUT2D eigenvalue weighted by molar-refractivity contribution is 0.178. The first-order chi connectivity index (χ1) is 11.2. The van der Waals surface area contributed by atoms with Gasteiger partial charge in [-0.25, -0.2) is 9.48 Å². The van der Waals surface area contributed by atoms with E-state index in [1.807, 2.05) is 47.0 Å². The molecule has 120 valence electrons. The number of fused-ring (bicyclic) bond motifs is 2. The van der Waals surface area contributed by atoms with Crippen molar-refractivity contribution >= 4 is 6.03 Å². The number of aromatic nitrogens is 2. The van der Waals surface area contributed by atoms with Crippen LogP contribution in [0.2, 0.25) is 0 Å². The number of urea groups is 1. The van der Waals surface area contributed by atoms with Gasteiger partial charge in [-0.1, -0.05) is 12.1 Å². The van der Waals surface area contributed by atoms with Gasteiger partial charge in [0.2, 0.25) is 0 Å². The van der Waals surface area contributed by atoms with E-state index in [1.165, 1.54) is 19.3 Å². The van der Waals surface area contributed by atoms with Crippen LogP contribution in [0.25, 0.3) is 5.69 Å². The Balaban J connectivity index is 1.46. The van der Waals surface area contributed by atoms with E-state index in [0.29, 0.717) is 6.04 Å². The van der Waals surface area contributed by atoms with Gasteiger partial charge in [-0.3, -0.25) is 0 Å². The van der Waals surface area contributed by atoms with Gasteiger partial charge in [-0.2, -0.15) is 5.10 Å². The standard InChI is InChI=1S/C18H22N4O/c1-13(20-18(23)21-12-14-6-7-16(21)10-14)15-4-2-5-17(11-15)22-9-3-8-19-22/h2-5,8-9,11,13-14,16H,6-7,10,12H2,1H3,(H,20,23). The van der Waals surface area contributed by atoms with Gasteiger partial charge >= 0.3 is 6.03 Å². The number of likely N-dealkylation sites (tertiary alicyclic amines) is 1. The van der Waals surface area contributed by atoms with Crippen molar-refractivity contribution in [2.24, 2.45) is 5.92 Å². The van der Waals surface area contributed by atoms with Gasteiger partial charge in [0, 0.05) is 25.0 Å². The average Bonchev–Trinajstić information content (AvgIpc) is 3.32. The first-order valence-electron chi connectivity index (χ1n) is 8.38. The molecule has 1 aromatic carbocycles. The van der Waals surface area contributed by atoms with Gasteiger partial charge in [0.15, 0.2) is 0 Å². The Morgan fingerprint density at radius 2 is 2.26 bits per heavy atom. The normalized spacial score (nSPS) is 24.0. The second-order valence-electron chi connectivity index (χ2n) is 6.70. The van der Waals surface area contributed by atoms with Gasteiger partial charge in [-0.15, -0.1) is 0 Å². The van der Waals surface area contributed by atoms with Crippen LogP contribution in [0.5, 0.6) is 0 Å². The van der Waals surface area contributed by atoms with Crippen molar-refractivity contribution in [1.82, 2.24) is 20.0 Å². The Labute approximate surface area is 136 Å². The minimum absolute atomic E-state index is 0.0165. The topological polar surface area (TPSA) is 50.2 Å². The van der Waals surface area contributed by atoms with E-state index in [9.17, 15) is 4.79 Å². The van der Waals surface area contributed by atoms with Crippen molar-refractivity contribution in [3.05, 3.63) is 48.3 Å². The third-order valence-corrected chi connectivity index (χ3v) is 5.15. The Morgan fingerprint density at radius 3 is 2.96 bits per heavy atom. The van der Waals surface area contributed by atoms with Gasteiger partial charge in [0.25, 0.3) is 0 Å². The summed E-state index contributed by atoms with van der Waals surface area (Å²) < 4.78 is 1.83. The molecule has 2 heterocycles. The van der Waals surface area contributed by atoms with Crippen molar-refractivity contribution in [1.29, 1.82) is 0 Å². The molecule has 3 atom stereocenters. The SMILES string of the molecule is CC(NC(=O)N1CC2CCC1C2)c1cccc(-n2cccn2)c1. The highest BCUT2D eigenvalue weighted by atomic mass is 16.2. The fraction of sp³-hybridized carbons (Fsp3) is 0.444. The molecule has 2 aromatic rings. The number of piperidine rings is 1. The molecule has 0 spiro atoms. The number of carbonyl (C=O) groups excluding carboxylic acids is 1. The zero-order valence-electron chi connectivity index (χ0n) is 13.4. The zero-order chi connectivity index (χ0) is 15.8. The van der Waals surface area contributed by atoms with Crippen LogP contribution in [0, 0.1) is 5.92 Å². The molecule has 0 radical (unpaired) electrons. The molecule has 1 saturated heterocycles. The molecule has 23 heavy (non-hydrogen) atoms. The summed E-state index contributed by atoms with van der Waals surface area (Å²) in [5.41, 5.74) is 2.10. The Morgan fingerprint density at radius 1 is 1.35 bits per heavy atom. The number of rotatable bonds is 3. The summed E-state index contributed by atoms with van der Waals surface area (Å²) >= 11 is 0. The third kappa shape index (κ3) is 2.71. The predicted octanol–water partition coefficient (Wildman–Crippen LogP) is 3.13. The fourth-order valence-corrected chi connectivity index (χ4v) is 3.88. The molecule has 4 rings (SSSR count). The van der Waals surface area contributed by atoms with Crippen molar-refractivity contribution in [3.8, 4) is 5.69 Å². The van der Waals surface area contributed by atoms with Crippen molar-refractivity contribution in [2.45, 2.75) is 38.3 Å². The lowest BCUT2D eigenvalue weighted by atomic mass is 10.1. The molecule has 1 aromatic heterocycles. The van der Waals surface area contributed by atoms with Gasteiger partial charge in [-0.05, 0) is 55.9 Å². The molecule has 2 fully saturated rings. The number of nitrogens with zero attached hydrogens (tertiary/aromatic N) is 3. The highest BCUT2D eigenvalue weighted by Gasteiger charge is 2.40. The maximum atomic E-state index is 12.5. The third-order valence-electron chi connectivity index (χ3n) is 5.15.